The summed E-state index contributed by atoms with van der Waals surface area (Å²) >= 11 is 0. The second-order valence-corrected chi connectivity index (χ2v) is 8.29. The molecule has 136 valence electrons. The molecule has 1 fully saturated rings. The van der Waals surface area contributed by atoms with Crippen molar-refractivity contribution in [1.82, 2.24) is 0 Å². The van der Waals surface area contributed by atoms with Crippen molar-refractivity contribution >= 4 is 0 Å². The summed E-state index contributed by atoms with van der Waals surface area (Å²) in [6.07, 6.45) is 5.90. The number of aryl methyl sites for hydroxylation is 1. The molecule has 0 radical (unpaired) electrons. The van der Waals surface area contributed by atoms with Crippen LogP contribution in [0.3, 0.4) is 0 Å². The lowest BCUT2D eigenvalue weighted by atomic mass is 9.62. The van der Waals surface area contributed by atoms with E-state index in [0.717, 1.165) is 42.6 Å². The lowest BCUT2D eigenvalue weighted by molar-refractivity contribution is -0.0517. The average molecular weight is 343 g/mol. The van der Waals surface area contributed by atoms with Gasteiger partial charge in [-0.1, -0.05) is 19.8 Å². The van der Waals surface area contributed by atoms with E-state index in [1.54, 1.807) is 0 Å². The van der Waals surface area contributed by atoms with Crippen molar-refractivity contribution in [3.63, 3.8) is 0 Å². The van der Waals surface area contributed by atoms with E-state index in [1.165, 1.54) is 6.42 Å². The molecule has 0 saturated heterocycles. The van der Waals surface area contributed by atoms with Gasteiger partial charge in [-0.3, -0.25) is 0 Å². The van der Waals surface area contributed by atoms with Gasteiger partial charge in [0.1, 0.15) is 17.1 Å². The Bertz CT molecular complexity index is 691. The monoisotopic (exact) mass is 343 g/mol. The Balaban J connectivity index is 1.98. The van der Waals surface area contributed by atoms with Crippen LogP contribution in [0.5, 0.6) is 11.5 Å². The number of fused-ring (bicyclic) bond motifs is 3. The van der Waals surface area contributed by atoms with Crippen molar-refractivity contribution in [2.24, 2.45) is 5.92 Å². The highest BCUT2D eigenvalue weighted by Gasteiger charge is 2.51. The molecule has 2 N–H and O–H groups in total. The van der Waals surface area contributed by atoms with Gasteiger partial charge in [0.25, 0.3) is 0 Å². The minimum atomic E-state index is -1.31. The van der Waals surface area contributed by atoms with Gasteiger partial charge in [-0.15, -0.1) is 0 Å². The fourth-order valence-electron chi connectivity index (χ4n) is 4.65. The average Bonchev–Trinajstić information content (AvgIpc) is 2.53. The number of phenolic OH excluding ortho intramolecular Hbond substituents is 1. The van der Waals surface area contributed by atoms with Crippen LogP contribution in [-0.2, 0) is 6.42 Å². The van der Waals surface area contributed by atoms with Crippen LogP contribution in [-0.4, -0.2) is 21.4 Å². The molecule has 0 unspecified atom stereocenters. The molecule has 3 rings (SSSR count). The van der Waals surface area contributed by atoms with Crippen LogP contribution >= 0.6 is 0 Å². The second-order valence-electron chi connectivity index (χ2n) is 8.29. The molecule has 0 aromatic heterocycles. The van der Waals surface area contributed by atoms with Gasteiger partial charge in [-0.2, -0.15) is 5.26 Å². The van der Waals surface area contributed by atoms with Crippen LogP contribution in [0.2, 0.25) is 0 Å². The van der Waals surface area contributed by atoms with Gasteiger partial charge in [-0.25, -0.2) is 0 Å². The molecule has 0 bridgehead atoms. The van der Waals surface area contributed by atoms with Gasteiger partial charge in [0.05, 0.1) is 6.07 Å². The summed E-state index contributed by atoms with van der Waals surface area (Å²) in [6.45, 7) is 6.33. The van der Waals surface area contributed by atoms with Gasteiger partial charge in [0.2, 0.25) is 0 Å². The number of ether oxygens (including phenoxy) is 1. The van der Waals surface area contributed by atoms with Crippen LogP contribution in [0.15, 0.2) is 12.1 Å². The molecule has 1 aromatic carbocycles. The number of aromatic hydroxyl groups is 1. The quantitative estimate of drug-likeness (QED) is 0.626. The Morgan fingerprint density at radius 3 is 2.76 bits per heavy atom. The molecular weight excluding hydrogens is 314 g/mol. The van der Waals surface area contributed by atoms with E-state index in [-0.39, 0.29) is 23.2 Å². The summed E-state index contributed by atoms with van der Waals surface area (Å²) in [5.74, 6) is 1.10. The molecule has 2 aliphatic rings. The Morgan fingerprint density at radius 1 is 1.32 bits per heavy atom. The Hall–Kier alpha value is -1.73. The summed E-state index contributed by atoms with van der Waals surface area (Å²) in [7, 11) is 0. The maximum Gasteiger partial charge on any atom is 0.151 e. The number of nitriles is 1. The number of aliphatic hydroxyl groups is 1. The highest BCUT2D eigenvalue weighted by molar-refractivity contribution is 5.52. The van der Waals surface area contributed by atoms with Gasteiger partial charge in [0, 0.05) is 17.4 Å². The molecule has 0 amide bonds. The van der Waals surface area contributed by atoms with E-state index in [4.69, 9.17) is 4.74 Å². The first-order valence-corrected chi connectivity index (χ1v) is 9.48. The fourth-order valence-corrected chi connectivity index (χ4v) is 4.65. The van der Waals surface area contributed by atoms with E-state index >= 15 is 0 Å². The van der Waals surface area contributed by atoms with Gasteiger partial charge >= 0.3 is 0 Å². The van der Waals surface area contributed by atoms with Crippen LogP contribution in [0.25, 0.3) is 0 Å². The highest BCUT2D eigenvalue weighted by Crippen LogP contribution is 2.56. The Labute approximate surface area is 150 Å². The molecule has 1 aliphatic heterocycles. The van der Waals surface area contributed by atoms with Crippen LogP contribution in [0.1, 0.15) is 76.3 Å². The normalized spacial score (nSPS) is 29.9. The van der Waals surface area contributed by atoms with Gasteiger partial charge in [0.15, 0.2) is 5.60 Å². The van der Waals surface area contributed by atoms with Gasteiger partial charge in [-0.05, 0) is 63.6 Å². The number of unbranched alkanes of at least 4 members (excludes halogenated alkanes) is 2. The van der Waals surface area contributed by atoms with Crippen LogP contribution < -0.4 is 4.74 Å². The highest BCUT2D eigenvalue weighted by atomic mass is 16.5. The zero-order chi connectivity index (χ0) is 18.2. The smallest absolute Gasteiger partial charge is 0.151 e. The van der Waals surface area contributed by atoms with E-state index in [9.17, 15) is 15.5 Å². The summed E-state index contributed by atoms with van der Waals surface area (Å²) in [4.78, 5) is 0. The molecule has 3 atom stereocenters. The molecule has 1 heterocycles. The lowest BCUT2D eigenvalue weighted by Gasteiger charge is -2.49. The first-order chi connectivity index (χ1) is 11.8. The predicted molar refractivity (Wildman–Crippen MR) is 96.7 cm³/mol. The molecule has 1 aliphatic carbocycles. The van der Waals surface area contributed by atoms with Crippen molar-refractivity contribution in [3.8, 4) is 17.6 Å². The first kappa shape index (κ1) is 18.1. The van der Waals surface area contributed by atoms with E-state index in [0.29, 0.717) is 12.8 Å². The SMILES string of the molecule is CCCCCc1cc(O)c2c(c1)OC(C)(C)[C@@H]1CC[C@@](O)(C#N)C[C@@H]21. The Kier molecular flexibility index (Phi) is 4.72. The van der Waals surface area contributed by atoms with Crippen molar-refractivity contribution in [1.29, 1.82) is 5.26 Å². The third kappa shape index (κ3) is 3.35. The number of hydrogen-bond donors (Lipinski definition) is 2. The molecule has 0 spiro atoms. The zero-order valence-electron chi connectivity index (χ0n) is 15.5. The number of phenols is 1. The van der Waals surface area contributed by atoms with E-state index in [2.05, 4.69) is 26.8 Å². The van der Waals surface area contributed by atoms with Crippen LogP contribution in [0, 0.1) is 17.2 Å². The number of rotatable bonds is 4. The molecule has 1 aromatic rings. The van der Waals surface area contributed by atoms with Crippen molar-refractivity contribution in [3.05, 3.63) is 23.3 Å². The molecule has 1 saturated carbocycles. The number of benzene rings is 1. The maximum atomic E-state index is 10.7. The number of hydrogen-bond acceptors (Lipinski definition) is 4. The van der Waals surface area contributed by atoms with E-state index in [1.807, 2.05) is 12.1 Å². The Morgan fingerprint density at radius 2 is 2.08 bits per heavy atom. The summed E-state index contributed by atoms with van der Waals surface area (Å²) in [6, 6.07) is 5.95. The molecule has 4 heteroatoms. The molecule has 4 nitrogen and oxygen atoms in total. The first-order valence-electron chi connectivity index (χ1n) is 9.48. The summed E-state index contributed by atoms with van der Waals surface area (Å²) in [5.41, 5.74) is 0.184. The standard InChI is InChI=1S/C21H29NO3/c1-4-5-6-7-14-10-17(23)19-15-12-21(24,13-22)9-8-16(15)20(2,3)25-18(19)11-14/h10-11,15-16,23-24H,4-9,12H2,1-3H3/t15-,16-,21+/m1/s1. The second kappa shape index (κ2) is 6.53. The minimum absolute atomic E-state index is 0.0539. The maximum absolute atomic E-state index is 10.7. The minimum Gasteiger partial charge on any atom is -0.508 e. The zero-order valence-corrected chi connectivity index (χ0v) is 15.5. The largest absolute Gasteiger partial charge is 0.508 e. The summed E-state index contributed by atoms with van der Waals surface area (Å²) in [5, 5.41) is 30.6. The molecular formula is C21H29NO3. The van der Waals surface area contributed by atoms with Gasteiger partial charge < -0.3 is 14.9 Å². The van der Waals surface area contributed by atoms with Crippen molar-refractivity contribution in [2.45, 2.75) is 82.8 Å². The van der Waals surface area contributed by atoms with Crippen LogP contribution in [0.4, 0.5) is 0 Å². The van der Waals surface area contributed by atoms with E-state index < -0.39 is 5.60 Å². The van der Waals surface area contributed by atoms with Crippen molar-refractivity contribution in [2.75, 3.05) is 0 Å². The topological polar surface area (TPSA) is 73.5 Å². The third-order valence-electron chi connectivity index (χ3n) is 6.01. The fraction of sp³-hybridized carbons (Fsp3) is 0.667. The van der Waals surface area contributed by atoms with Crippen molar-refractivity contribution < 1.29 is 14.9 Å². The predicted octanol–water partition coefficient (Wildman–Crippen LogP) is 4.43. The summed E-state index contributed by atoms with van der Waals surface area (Å²) < 4.78 is 6.29. The molecule has 25 heavy (non-hydrogen) atoms. The lowest BCUT2D eigenvalue weighted by Crippen LogP contribution is -2.50. The third-order valence-corrected chi connectivity index (χ3v) is 6.01. The number of nitrogens with zero attached hydrogens (tertiary/aromatic N) is 1.